The maximum absolute atomic E-state index is 13.7. The van der Waals surface area contributed by atoms with Crippen LogP contribution in [0.3, 0.4) is 0 Å². The first-order chi connectivity index (χ1) is 19.4. The van der Waals surface area contributed by atoms with E-state index in [1.807, 2.05) is 64.4 Å². The molecule has 4 N–H and O–H groups in total. The number of hydrogen-bond donors (Lipinski definition) is 4. The summed E-state index contributed by atoms with van der Waals surface area (Å²) in [6.45, 7) is 9.54. The van der Waals surface area contributed by atoms with Crippen molar-refractivity contribution in [3.63, 3.8) is 0 Å². The molecule has 2 aromatic rings. The molecule has 3 rings (SSSR count). The first-order valence-electron chi connectivity index (χ1n) is 13.8. The first-order valence-corrected chi connectivity index (χ1v) is 14.6. The van der Waals surface area contributed by atoms with Crippen molar-refractivity contribution in [2.45, 2.75) is 65.3 Å². The number of rotatable bonds is 13. The topological polar surface area (TPSA) is 150 Å². The third-order valence-electron chi connectivity index (χ3n) is 6.92. The number of aryl methyl sites for hydroxylation is 1. The van der Waals surface area contributed by atoms with Gasteiger partial charge >= 0.3 is 6.03 Å². The van der Waals surface area contributed by atoms with E-state index in [-0.39, 0.29) is 57.8 Å². The van der Waals surface area contributed by atoms with Crippen LogP contribution in [0.2, 0.25) is 0 Å². The number of likely N-dealkylation sites (tertiary alicyclic amines) is 1. The number of hydrogen-bond acceptors (Lipinski definition) is 9. The molecular formula is C29H42N4O7S. The average molecular weight is 591 g/mol. The molecule has 1 aromatic carbocycles. The minimum Gasteiger partial charge on any atom is -0.394 e. The van der Waals surface area contributed by atoms with Crippen molar-refractivity contribution in [1.29, 1.82) is 0 Å². The Bertz CT molecular complexity index is 1160. The number of nitrogens with one attached hydrogen (secondary N) is 2. The number of aliphatic hydroxyl groups is 2. The lowest BCUT2D eigenvalue weighted by molar-refractivity contribution is -0.135. The molecule has 2 heterocycles. The van der Waals surface area contributed by atoms with Crippen LogP contribution in [0.25, 0.3) is 10.4 Å². The van der Waals surface area contributed by atoms with Crippen LogP contribution in [-0.2, 0) is 19.1 Å². The smallest absolute Gasteiger partial charge is 0.318 e. The number of β-amino-alcohol motifs (C(OH)–C–C–N with tert-alkyl or cyclic N) is 1. The van der Waals surface area contributed by atoms with Crippen molar-refractivity contribution < 1.29 is 34.1 Å². The predicted molar refractivity (Wildman–Crippen MR) is 155 cm³/mol. The number of carbonyl (C=O) groups excluding carboxylic acids is 3. The molecule has 226 valence electrons. The van der Waals surface area contributed by atoms with Crippen LogP contribution in [0.5, 0.6) is 0 Å². The highest BCUT2D eigenvalue weighted by molar-refractivity contribution is 7.13. The maximum atomic E-state index is 13.7. The molecule has 4 atom stereocenters. The molecule has 1 aliphatic heterocycles. The zero-order valence-electron chi connectivity index (χ0n) is 24.4. The molecule has 1 aliphatic rings. The van der Waals surface area contributed by atoms with Gasteiger partial charge in [0.2, 0.25) is 5.91 Å². The highest BCUT2D eigenvalue weighted by Crippen LogP contribution is 2.29. The van der Waals surface area contributed by atoms with Gasteiger partial charge in [-0.3, -0.25) is 9.59 Å². The van der Waals surface area contributed by atoms with Gasteiger partial charge in [-0.2, -0.15) is 0 Å². The van der Waals surface area contributed by atoms with Crippen LogP contribution >= 0.6 is 11.3 Å². The number of benzene rings is 1. The van der Waals surface area contributed by atoms with Crippen LogP contribution < -0.4 is 10.6 Å². The highest BCUT2D eigenvalue weighted by Gasteiger charge is 2.45. The summed E-state index contributed by atoms with van der Waals surface area (Å²) in [7, 11) is 0. The van der Waals surface area contributed by atoms with Gasteiger partial charge in [0.25, 0.3) is 0 Å². The van der Waals surface area contributed by atoms with Crippen molar-refractivity contribution in [2.75, 3.05) is 39.6 Å². The van der Waals surface area contributed by atoms with Gasteiger partial charge in [0, 0.05) is 13.0 Å². The first kappa shape index (κ1) is 32.6. The Morgan fingerprint density at radius 2 is 1.80 bits per heavy atom. The number of urea groups is 1. The molecule has 0 bridgehead atoms. The largest absolute Gasteiger partial charge is 0.394 e. The summed E-state index contributed by atoms with van der Waals surface area (Å²) in [6.07, 6.45) is -0.768. The number of ketones is 1. The van der Waals surface area contributed by atoms with Gasteiger partial charge in [-0.1, -0.05) is 45.0 Å². The van der Waals surface area contributed by atoms with Gasteiger partial charge in [0.15, 0.2) is 5.78 Å². The third kappa shape index (κ3) is 9.04. The molecule has 41 heavy (non-hydrogen) atoms. The maximum Gasteiger partial charge on any atom is 0.318 e. The number of ether oxygens (including phenoxy) is 2. The molecule has 3 amide bonds. The summed E-state index contributed by atoms with van der Waals surface area (Å²) in [5.41, 5.74) is 4.07. The van der Waals surface area contributed by atoms with Crippen LogP contribution in [0, 0.1) is 12.3 Å². The van der Waals surface area contributed by atoms with Crippen LogP contribution in [0.1, 0.15) is 51.4 Å². The molecule has 1 fully saturated rings. The number of aliphatic hydroxyl groups excluding tert-OH is 2. The molecule has 0 radical (unpaired) electrons. The van der Waals surface area contributed by atoms with Crippen LogP contribution in [-0.4, -0.2) is 95.6 Å². The van der Waals surface area contributed by atoms with Gasteiger partial charge in [0.05, 0.1) is 66.7 Å². The number of nitrogens with zero attached hydrogens (tertiary/aromatic N) is 2. The van der Waals surface area contributed by atoms with Gasteiger partial charge in [-0.05, 0) is 30.4 Å². The van der Waals surface area contributed by atoms with E-state index in [2.05, 4.69) is 15.6 Å². The normalized spacial score (nSPS) is 18.7. The summed E-state index contributed by atoms with van der Waals surface area (Å²) < 4.78 is 10.4. The zero-order valence-corrected chi connectivity index (χ0v) is 25.2. The summed E-state index contributed by atoms with van der Waals surface area (Å²) in [5, 5.41) is 24.9. The van der Waals surface area contributed by atoms with E-state index in [4.69, 9.17) is 14.6 Å². The second kappa shape index (κ2) is 14.8. The lowest BCUT2D eigenvalue weighted by Gasteiger charge is -2.34. The molecule has 1 aromatic heterocycles. The van der Waals surface area contributed by atoms with Gasteiger partial charge < -0.3 is 35.2 Å². The van der Waals surface area contributed by atoms with E-state index < -0.39 is 35.5 Å². The van der Waals surface area contributed by atoms with E-state index in [0.29, 0.717) is 0 Å². The quantitative estimate of drug-likeness (QED) is 0.260. The Hall–Kier alpha value is -2.90. The fraction of sp³-hybridized carbons (Fsp3) is 0.586. The van der Waals surface area contributed by atoms with E-state index in [1.165, 1.54) is 4.90 Å². The number of thiazole rings is 1. The number of carbonyl (C=O) groups is 3. The van der Waals surface area contributed by atoms with Crippen molar-refractivity contribution in [3.05, 3.63) is 41.0 Å². The van der Waals surface area contributed by atoms with E-state index in [1.54, 1.807) is 11.3 Å². The van der Waals surface area contributed by atoms with Gasteiger partial charge in [-0.25, -0.2) is 9.78 Å². The molecule has 11 nitrogen and oxygen atoms in total. The van der Waals surface area contributed by atoms with E-state index in [9.17, 15) is 19.5 Å². The molecular weight excluding hydrogens is 548 g/mol. The summed E-state index contributed by atoms with van der Waals surface area (Å²) >= 11 is 1.57. The third-order valence-corrected chi connectivity index (χ3v) is 7.90. The fourth-order valence-electron chi connectivity index (χ4n) is 4.72. The lowest BCUT2D eigenvalue weighted by Crippen LogP contribution is -2.57. The number of aromatic nitrogens is 1. The lowest BCUT2D eigenvalue weighted by atomic mass is 9.81. The molecule has 1 unspecified atom stereocenters. The van der Waals surface area contributed by atoms with Crippen LogP contribution in [0.15, 0.2) is 29.8 Å². The van der Waals surface area contributed by atoms with Crippen molar-refractivity contribution in [3.8, 4) is 10.4 Å². The Morgan fingerprint density at radius 3 is 2.41 bits per heavy atom. The minimum atomic E-state index is -0.907. The fourth-order valence-corrected chi connectivity index (χ4v) is 5.53. The molecule has 0 aliphatic carbocycles. The summed E-state index contributed by atoms with van der Waals surface area (Å²) in [5.74, 6) is -0.818. The monoisotopic (exact) mass is 590 g/mol. The van der Waals surface area contributed by atoms with Crippen molar-refractivity contribution in [2.24, 2.45) is 5.41 Å². The van der Waals surface area contributed by atoms with Crippen molar-refractivity contribution >= 4 is 29.1 Å². The average Bonchev–Trinajstić information content (AvgIpc) is 3.53. The Labute approximate surface area is 245 Å². The second-order valence-electron chi connectivity index (χ2n) is 11.3. The predicted octanol–water partition coefficient (Wildman–Crippen LogP) is 2.45. The Kier molecular flexibility index (Phi) is 11.8. The van der Waals surface area contributed by atoms with E-state index >= 15 is 0 Å². The second-order valence-corrected chi connectivity index (χ2v) is 12.1. The number of Topliss-reactive ketones (excluding diaryl/α,β-unsaturated/α-hetero) is 1. The summed E-state index contributed by atoms with van der Waals surface area (Å²) in [6, 6.07) is 5.28. The van der Waals surface area contributed by atoms with Gasteiger partial charge in [-0.15, -0.1) is 11.3 Å². The van der Waals surface area contributed by atoms with Gasteiger partial charge in [0.1, 0.15) is 6.61 Å². The Morgan fingerprint density at radius 1 is 1.12 bits per heavy atom. The Balaban J connectivity index is 1.63. The molecule has 12 heteroatoms. The zero-order chi connectivity index (χ0) is 30.2. The molecule has 0 saturated carbocycles. The number of amides is 3. The highest BCUT2D eigenvalue weighted by atomic mass is 32.1. The molecule has 0 spiro atoms. The van der Waals surface area contributed by atoms with Crippen LogP contribution in [0.4, 0.5) is 4.79 Å². The molecule has 1 saturated heterocycles. The standard InChI is InChI=1S/C29H42N4O7S/c1-18(20-6-8-21(9-7-20)26-19(2)30-17-41-26)31-28(38)33-15-22(35)14-23(33)25(37)27(29(3,4)5)32-24(36)16-40-13-12-39-11-10-34/h6-9,17-18,22-23,27,34-35H,10-16H2,1-5H3,(H,31,38)(H,32,36)/t18-,22+,23?,27+/m1/s1. The van der Waals surface area contributed by atoms with E-state index in [0.717, 1.165) is 21.7 Å². The minimum absolute atomic E-state index is 0.0142. The SMILES string of the molecule is Cc1ncsc1-c1ccc([C@@H](C)NC(=O)N2C[C@@H](O)CC2C(=O)[C@H](NC(=O)COCCOCCO)C(C)(C)C)cc1. The summed E-state index contributed by atoms with van der Waals surface area (Å²) in [4.78, 5) is 46.4. The van der Waals surface area contributed by atoms with Crippen molar-refractivity contribution in [1.82, 2.24) is 20.5 Å².